The minimum Gasteiger partial charge on any atom is -0.313 e. The van der Waals surface area contributed by atoms with Crippen LogP contribution in [0.3, 0.4) is 0 Å². The van der Waals surface area contributed by atoms with Gasteiger partial charge < -0.3 is 9.72 Å². The lowest BCUT2D eigenvalue weighted by Gasteiger charge is -2.24. The molecule has 1 saturated heterocycles. The SMILES string of the molecule is CCCN(Cc1cn2cc(Cl)ccc2n1)CC1CCCN1. The van der Waals surface area contributed by atoms with Crippen molar-refractivity contribution in [2.75, 3.05) is 19.6 Å². The van der Waals surface area contributed by atoms with E-state index in [2.05, 4.69) is 23.3 Å². The van der Waals surface area contributed by atoms with Gasteiger partial charge in [0.2, 0.25) is 0 Å². The third-order valence-corrected chi connectivity index (χ3v) is 4.25. The number of aromatic nitrogens is 2. The molecule has 0 bridgehead atoms. The molecule has 3 heterocycles. The fourth-order valence-corrected chi connectivity index (χ4v) is 3.27. The van der Waals surface area contributed by atoms with Crippen molar-refractivity contribution in [3.05, 3.63) is 35.2 Å². The molecule has 5 heteroatoms. The van der Waals surface area contributed by atoms with E-state index in [0.29, 0.717) is 6.04 Å². The van der Waals surface area contributed by atoms with E-state index in [-0.39, 0.29) is 0 Å². The minimum atomic E-state index is 0.642. The highest BCUT2D eigenvalue weighted by atomic mass is 35.5. The summed E-state index contributed by atoms with van der Waals surface area (Å²) in [7, 11) is 0. The van der Waals surface area contributed by atoms with Gasteiger partial charge in [-0.3, -0.25) is 4.90 Å². The molecule has 1 N–H and O–H groups in total. The van der Waals surface area contributed by atoms with E-state index >= 15 is 0 Å². The number of imidazole rings is 1. The van der Waals surface area contributed by atoms with Gasteiger partial charge >= 0.3 is 0 Å². The Labute approximate surface area is 131 Å². The summed E-state index contributed by atoms with van der Waals surface area (Å²) in [5.74, 6) is 0. The van der Waals surface area contributed by atoms with E-state index in [9.17, 15) is 0 Å². The number of rotatable bonds is 6. The topological polar surface area (TPSA) is 32.6 Å². The second kappa shape index (κ2) is 6.77. The molecular formula is C16H23ClN4. The normalized spacial score (nSPS) is 18.9. The lowest BCUT2D eigenvalue weighted by Crippen LogP contribution is -2.37. The molecule has 3 rings (SSSR count). The molecule has 1 atom stereocenters. The highest BCUT2D eigenvalue weighted by molar-refractivity contribution is 6.30. The molecule has 0 aromatic carbocycles. The zero-order valence-electron chi connectivity index (χ0n) is 12.6. The Hall–Kier alpha value is -1.10. The average molecular weight is 307 g/mol. The molecule has 1 aliphatic heterocycles. The zero-order valence-corrected chi connectivity index (χ0v) is 13.3. The van der Waals surface area contributed by atoms with Crippen molar-refractivity contribution in [2.45, 2.75) is 38.8 Å². The fraction of sp³-hybridized carbons (Fsp3) is 0.562. The first-order chi connectivity index (χ1) is 10.2. The lowest BCUT2D eigenvalue weighted by molar-refractivity contribution is 0.239. The van der Waals surface area contributed by atoms with Crippen LogP contribution in [0, 0.1) is 0 Å². The molecule has 0 aliphatic carbocycles. The lowest BCUT2D eigenvalue weighted by atomic mass is 10.2. The van der Waals surface area contributed by atoms with Crippen LogP contribution in [-0.4, -0.2) is 40.0 Å². The monoisotopic (exact) mass is 306 g/mol. The molecule has 1 aliphatic rings. The molecule has 0 saturated carbocycles. The predicted octanol–water partition coefficient (Wildman–Crippen LogP) is 2.95. The summed E-state index contributed by atoms with van der Waals surface area (Å²) in [5.41, 5.74) is 2.08. The van der Waals surface area contributed by atoms with E-state index in [4.69, 9.17) is 16.6 Å². The van der Waals surface area contributed by atoms with E-state index in [1.54, 1.807) is 0 Å². The second-order valence-corrected chi connectivity index (χ2v) is 6.31. The van der Waals surface area contributed by atoms with Gasteiger partial charge in [-0.2, -0.15) is 0 Å². The van der Waals surface area contributed by atoms with Crippen molar-refractivity contribution >= 4 is 17.2 Å². The molecule has 1 unspecified atom stereocenters. The van der Waals surface area contributed by atoms with Crippen LogP contribution in [0.15, 0.2) is 24.5 Å². The molecule has 2 aromatic rings. The Morgan fingerprint density at radius 3 is 3.10 bits per heavy atom. The number of nitrogens with zero attached hydrogens (tertiary/aromatic N) is 3. The van der Waals surface area contributed by atoms with Crippen LogP contribution in [0.5, 0.6) is 0 Å². The van der Waals surface area contributed by atoms with Crippen LogP contribution in [0.2, 0.25) is 5.02 Å². The predicted molar refractivity (Wildman–Crippen MR) is 86.8 cm³/mol. The molecule has 4 nitrogen and oxygen atoms in total. The average Bonchev–Trinajstić information content (AvgIpc) is 3.07. The van der Waals surface area contributed by atoms with Gasteiger partial charge in [-0.15, -0.1) is 0 Å². The van der Waals surface area contributed by atoms with E-state index < -0.39 is 0 Å². The van der Waals surface area contributed by atoms with Gasteiger partial charge in [0.1, 0.15) is 5.65 Å². The van der Waals surface area contributed by atoms with Gasteiger partial charge in [-0.05, 0) is 44.5 Å². The van der Waals surface area contributed by atoms with Crippen LogP contribution in [0.1, 0.15) is 31.9 Å². The molecular weight excluding hydrogens is 284 g/mol. The summed E-state index contributed by atoms with van der Waals surface area (Å²) in [6.07, 6.45) is 7.77. The van der Waals surface area contributed by atoms with Crippen LogP contribution < -0.4 is 5.32 Å². The quantitative estimate of drug-likeness (QED) is 0.890. The van der Waals surface area contributed by atoms with Crippen LogP contribution in [0.25, 0.3) is 5.65 Å². The number of hydrogen-bond acceptors (Lipinski definition) is 3. The van der Waals surface area contributed by atoms with Crippen molar-refractivity contribution in [3.8, 4) is 0 Å². The van der Waals surface area contributed by atoms with Crippen LogP contribution >= 0.6 is 11.6 Å². The second-order valence-electron chi connectivity index (χ2n) is 5.87. The largest absolute Gasteiger partial charge is 0.313 e. The van der Waals surface area contributed by atoms with Gasteiger partial charge in [0.25, 0.3) is 0 Å². The van der Waals surface area contributed by atoms with Gasteiger partial charge in [0, 0.05) is 31.5 Å². The Morgan fingerprint density at radius 1 is 1.43 bits per heavy atom. The Bertz CT molecular complexity index is 589. The van der Waals surface area contributed by atoms with Crippen molar-refractivity contribution in [1.29, 1.82) is 0 Å². The molecule has 21 heavy (non-hydrogen) atoms. The maximum Gasteiger partial charge on any atom is 0.137 e. The smallest absolute Gasteiger partial charge is 0.137 e. The van der Waals surface area contributed by atoms with Crippen molar-refractivity contribution in [3.63, 3.8) is 0 Å². The molecule has 2 aromatic heterocycles. The Kier molecular flexibility index (Phi) is 4.78. The maximum absolute atomic E-state index is 6.03. The Morgan fingerprint density at radius 2 is 2.33 bits per heavy atom. The maximum atomic E-state index is 6.03. The number of nitrogens with one attached hydrogen (secondary N) is 1. The molecule has 0 radical (unpaired) electrons. The number of halogens is 1. The fourth-order valence-electron chi connectivity index (χ4n) is 3.10. The van der Waals surface area contributed by atoms with E-state index in [1.165, 1.54) is 19.3 Å². The van der Waals surface area contributed by atoms with Gasteiger partial charge in [-0.25, -0.2) is 4.98 Å². The molecule has 0 amide bonds. The Balaban J connectivity index is 1.70. The third kappa shape index (κ3) is 3.76. The number of hydrogen-bond donors (Lipinski definition) is 1. The summed E-state index contributed by atoms with van der Waals surface area (Å²) in [6.45, 7) is 6.54. The van der Waals surface area contributed by atoms with Gasteiger partial charge in [-0.1, -0.05) is 18.5 Å². The highest BCUT2D eigenvalue weighted by Crippen LogP contribution is 2.14. The number of pyridine rings is 1. The molecule has 0 spiro atoms. The minimum absolute atomic E-state index is 0.642. The highest BCUT2D eigenvalue weighted by Gasteiger charge is 2.18. The van der Waals surface area contributed by atoms with Crippen molar-refractivity contribution in [1.82, 2.24) is 19.6 Å². The summed E-state index contributed by atoms with van der Waals surface area (Å²) < 4.78 is 2.01. The summed E-state index contributed by atoms with van der Waals surface area (Å²) in [5, 5.41) is 4.32. The van der Waals surface area contributed by atoms with E-state index in [0.717, 1.165) is 42.5 Å². The first-order valence-corrected chi connectivity index (χ1v) is 8.21. The molecule has 1 fully saturated rings. The zero-order chi connectivity index (χ0) is 14.7. The van der Waals surface area contributed by atoms with Gasteiger partial charge in [0.05, 0.1) is 10.7 Å². The van der Waals surface area contributed by atoms with Crippen molar-refractivity contribution in [2.24, 2.45) is 0 Å². The summed E-state index contributed by atoms with van der Waals surface area (Å²) in [4.78, 5) is 7.20. The summed E-state index contributed by atoms with van der Waals surface area (Å²) >= 11 is 6.03. The van der Waals surface area contributed by atoms with Crippen LogP contribution in [-0.2, 0) is 6.54 Å². The van der Waals surface area contributed by atoms with Crippen molar-refractivity contribution < 1.29 is 0 Å². The first kappa shape index (κ1) is 14.8. The van der Waals surface area contributed by atoms with Crippen LogP contribution in [0.4, 0.5) is 0 Å². The van der Waals surface area contributed by atoms with E-state index in [1.807, 2.05) is 22.7 Å². The van der Waals surface area contributed by atoms with Gasteiger partial charge in [0.15, 0.2) is 0 Å². The first-order valence-electron chi connectivity index (χ1n) is 7.83. The standard InChI is InChI=1S/C16H23ClN4/c1-2-8-20(10-14-4-3-7-18-14)11-15-12-21-9-13(17)5-6-16(21)19-15/h5-6,9,12,14,18H,2-4,7-8,10-11H2,1H3. The third-order valence-electron chi connectivity index (χ3n) is 4.03. The number of fused-ring (bicyclic) bond motifs is 1. The summed E-state index contributed by atoms with van der Waals surface area (Å²) in [6, 6.07) is 4.50. The molecule has 114 valence electrons.